The Bertz CT molecular complexity index is 814. The molecule has 0 aliphatic carbocycles. The van der Waals surface area contributed by atoms with Gasteiger partial charge in [-0.05, 0) is 40.9 Å². The summed E-state index contributed by atoms with van der Waals surface area (Å²) in [5.41, 5.74) is 11.4. The molecule has 134 valence electrons. The summed E-state index contributed by atoms with van der Waals surface area (Å²) in [5, 5.41) is 12.4. The molecule has 0 amide bonds. The third-order valence-electron chi connectivity index (χ3n) is 4.03. The molecule has 2 aromatic rings. The Hall–Kier alpha value is -3.02. The van der Waals surface area contributed by atoms with Crippen molar-refractivity contribution < 1.29 is 14.6 Å². The van der Waals surface area contributed by atoms with Gasteiger partial charge in [-0.1, -0.05) is 29.4 Å². The van der Waals surface area contributed by atoms with Crippen LogP contribution in [0.25, 0.3) is 10.4 Å². The molecule has 0 radical (unpaired) electrons. The number of hydrogen-bond acceptors (Lipinski definition) is 5. The van der Waals surface area contributed by atoms with Crippen LogP contribution in [0.1, 0.15) is 29.2 Å². The van der Waals surface area contributed by atoms with Gasteiger partial charge in [0.1, 0.15) is 11.9 Å². The highest BCUT2D eigenvalue weighted by Gasteiger charge is 2.24. The standard InChI is InChI=1S/C19H20N4O3/c20-23-22-12-15-4-1-2-5-17(15)18-13-21-19(26-18)14-6-8-16(9-7-14)25-11-3-10-24/h1-2,4-9,18,24H,3,10-13H2/t18-/m1/s1. The number of azide groups is 1. The number of aliphatic hydroxyl groups is 1. The second kappa shape index (κ2) is 8.89. The molecule has 0 spiro atoms. The van der Waals surface area contributed by atoms with Crippen molar-refractivity contribution in [2.75, 3.05) is 19.8 Å². The van der Waals surface area contributed by atoms with Gasteiger partial charge in [0.05, 0.1) is 19.7 Å². The fourth-order valence-corrected chi connectivity index (χ4v) is 2.74. The molecule has 0 saturated heterocycles. The number of aliphatic imine (C=N–C) groups is 1. The summed E-state index contributed by atoms with van der Waals surface area (Å²) in [6.07, 6.45) is 0.421. The van der Waals surface area contributed by atoms with Crippen LogP contribution in [0.4, 0.5) is 0 Å². The largest absolute Gasteiger partial charge is 0.494 e. The van der Waals surface area contributed by atoms with Crippen LogP contribution < -0.4 is 4.74 Å². The highest BCUT2D eigenvalue weighted by atomic mass is 16.5. The first kappa shape index (κ1) is 17.8. The van der Waals surface area contributed by atoms with Crippen molar-refractivity contribution >= 4 is 5.90 Å². The molecule has 1 N–H and O–H groups in total. The Kier molecular flexibility index (Phi) is 6.09. The Labute approximate surface area is 151 Å². The molecule has 1 aliphatic heterocycles. The zero-order valence-corrected chi connectivity index (χ0v) is 14.3. The summed E-state index contributed by atoms with van der Waals surface area (Å²) in [4.78, 5) is 7.33. The molecule has 0 aromatic heterocycles. The van der Waals surface area contributed by atoms with E-state index in [2.05, 4.69) is 15.0 Å². The maximum atomic E-state index is 8.78. The Morgan fingerprint density at radius 3 is 2.81 bits per heavy atom. The number of rotatable bonds is 8. The van der Waals surface area contributed by atoms with Crippen molar-refractivity contribution in [2.45, 2.75) is 19.1 Å². The number of aliphatic hydroxyl groups excluding tert-OH is 1. The van der Waals surface area contributed by atoms with Crippen LogP contribution in [0.5, 0.6) is 5.75 Å². The van der Waals surface area contributed by atoms with Crippen LogP contribution in [0, 0.1) is 0 Å². The molecule has 7 nitrogen and oxygen atoms in total. The van der Waals surface area contributed by atoms with Gasteiger partial charge in [-0.2, -0.15) is 0 Å². The van der Waals surface area contributed by atoms with Gasteiger partial charge in [0.2, 0.25) is 5.90 Å². The van der Waals surface area contributed by atoms with Gasteiger partial charge in [-0.25, -0.2) is 4.99 Å². The minimum Gasteiger partial charge on any atom is -0.494 e. The minimum atomic E-state index is -0.185. The lowest BCUT2D eigenvalue weighted by Gasteiger charge is -2.15. The Morgan fingerprint density at radius 1 is 1.23 bits per heavy atom. The summed E-state index contributed by atoms with van der Waals surface area (Å²) in [6, 6.07) is 15.3. The van der Waals surface area contributed by atoms with Gasteiger partial charge in [-0.3, -0.25) is 0 Å². The second-order valence-corrected chi connectivity index (χ2v) is 5.79. The third-order valence-corrected chi connectivity index (χ3v) is 4.03. The number of benzene rings is 2. The molecule has 26 heavy (non-hydrogen) atoms. The van der Waals surface area contributed by atoms with Gasteiger partial charge < -0.3 is 14.6 Å². The smallest absolute Gasteiger partial charge is 0.216 e. The Morgan fingerprint density at radius 2 is 2.04 bits per heavy atom. The van der Waals surface area contributed by atoms with Crippen molar-refractivity contribution in [1.82, 2.24) is 0 Å². The molecule has 0 bridgehead atoms. The third kappa shape index (κ3) is 4.33. The SMILES string of the molecule is [N-]=[N+]=NCc1ccccc1[C@H]1CN=C(c2ccc(OCCCO)cc2)O1. The van der Waals surface area contributed by atoms with Crippen LogP contribution in [0.2, 0.25) is 0 Å². The zero-order chi connectivity index (χ0) is 18.2. The van der Waals surface area contributed by atoms with E-state index in [4.69, 9.17) is 20.1 Å². The zero-order valence-electron chi connectivity index (χ0n) is 14.3. The molecule has 0 unspecified atom stereocenters. The summed E-state index contributed by atoms with van der Waals surface area (Å²) < 4.78 is 11.6. The number of hydrogen-bond donors (Lipinski definition) is 1. The van der Waals surface area contributed by atoms with Crippen molar-refractivity contribution in [3.63, 3.8) is 0 Å². The first-order chi connectivity index (χ1) is 12.8. The highest BCUT2D eigenvalue weighted by molar-refractivity contribution is 5.95. The average molecular weight is 352 g/mol. The lowest BCUT2D eigenvalue weighted by atomic mass is 10.0. The van der Waals surface area contributed by atoms with Crippen molar-refractivity contribution in [2.24, 2.45) is 10.1 Å². The molecular weight excluding hydrogens is 332 g/mol. The fourth-order valence-electron chi connectivity index (χ4n) is 2.74. The summed E-state index contributed by atoms with van der Waals surface area (Å²) in [5.74, 6) is 1.34. The van der Waals surface area contributed by atoms with E-state index in [9.17, 15) is 0 Å². The molecule has 1 heterocycles. The minimum absolute atomic E-state index is 0.116. The summed E-state index contributed by atoms with van der Waals surface area (Å²) in [7, 11) is 0. The maximum Gasteiger partial charge on any atom is 0.216 e. The van der Waals surface area contributed by atoms with Crippen molar-refractivity contribution in [1.29, 1.82) is 0 Å². The van der Waals surface area contributed by atoms with Crippen LogP contribution in [-0.2, 0) is 11.3 Å². The summed E-state index contributed by atoms with van der Waals surface area (Å²) >= 11 is 0. The average Bonchev–Trinajstić information content (AvgIpc) is 3.17. The van der Waals surface area contributed by atoms with Crippen molar-refractivity contribution in [3.05, 3.63) is 75.7 Å². The predicted octanol–water partition coefficient (Wildman–Crippen LogP) is 3.78. The van der Waals surface area contributed by atoms with Gasteiger partial charge in [0.15, 0.2) is 0 Å². The predicted molar refractivity (Wildman–Crippen MR) is 98.2 cm³/mol. The molecule has 0 fully saturated rings. The van der Waals surface area contributed by atoms with Gasteiger partial charge in [0, 0.05) is 23.5 Å². The monoisotopic (exact) mass is 352 g/mol. The van der Waals surface area contributed by atoms with E-state index >= 15 is 0 Å². The fraction of sp³-hybridized carbons (Fsp3) is 0.316. The lowest BCUT2D eigenvalue weighted by Crippen LogP contribution is -2.08. The van der Waals surface area contributed by atoms with Crippen LogP contribution >= 0.6 is 0 Å². The molecule has 1 aliphatic rings. The molecule has 0 saturated carbocycles. The van der Waals surface area contributed by atoms with E-state index < -0.39 is 0 Å². The van der Waals surface area contributed by atoms with Crippen LogP contribution in [-0.4, -0.2) is 30.8 Å². The molecular formula is C19H20N4O3. The van der Waals surface area contributed by atoms with E-state index in [1.165, 1.54) is 0 Å². The van der Waals surface area contributed by atoms with E-state index in [-0.39, 0.29) is 12.7 Å². The topological polar surface area (TPSA) is 99.8 Å². The van der Waals surface area contributed by atoms with Crippen LogP contribution in [0.3, 0.4) is 0 Å². The molecule has 7 heteroatoms. The van der Waals surface area contributed by atoms with Gasteiger partial charge >= 0.3 is 0 Å². The molecule has 1 atom stereocenters. The van der Waals surface area contributed by atoms with E-state index in [1.807, 2.05) is 48.5 Å². The quantitative estimate of drug-likeness (QED) is 0.339. The molecule has 2 aromatic carbocycles. The van der Waals surface area contributed by atoms with E-state index in [0.717, 1.165) is 22.4 Å². The van der Waals surface area contributed by atoms with Crippen molar-refractivity contribution in [3.8, 4) is 5.75 Å². The first-order valence-electron chi connectivity index (χ1n) is 8.45. The van der Waals surface area contributed by atoms with Crippen LogP contribution in [0.15, 0.2) is 58.6 Å². The summed E-state index contributed by atoms with van der Waals surface area (Å²) in [6.45, 7) is 1.42. The second-order valence-electron chi connectivity index (χ2n) is 5.79. The van der Waals surface area contributed by atoms with Gasteiger partial charge in [0.25, 0.3) is 0 Å². The number of nitrogens with zero attached hydrogens (tertiary/aromatic N) is 4. The normalized spacial score (nSPS) is 15.7. The first-order valence-corrected chi connectivity index (χ1v) is 8.45. The van der Waals surface area contributed by atoms with E-state index in [0.29, 0.717) is 32.0 Å². The maximum absolute atomic E-state index is 8.78. The van der Waals surface area contributed by atoms with E-state index in [1.54, 1.807) is 0 Å². The lowest BCUT2D eigenvalue weighted by molar-refractivity contribution is 0.229. The highest BCUT2D eigenvalue weighted by Crippen LogP contribution is 2.28. The number of ether oxygens (including phenoxy) is 2. The Balaban J connectivity index is 1.66. The van der Waals surface area contributed by atoms with Gasteiger partial charge in [-0.15, -0.1) is 0 Å². The molecule has 3 rings (SSSR count).